The average Bonchev–Trinajstić information content (AvgIpc) is 2.91. The average molecular weight is 291 g/mol. The number of anilines is 2. The summed E-state index contributed by atoms with van der Waals surface area (Å²) in [5.41, 5.74) is -0.147. The molecule has 0 saturated carbocycles. The summed E-state index contributed by atoms with van der Waals surface area (Å²) < 4.78 is 1.75. The standard InChI is InChI=1S/C12H17N7O2/c1-3-13-11-10(19(20)21)12(15-8-14-11)17-9(2)7-18-6-4-5-16-18/h4-6,8-9H,3,7H2,1-2H3,(H2,13,14,15,17). The highest BCUT2D eigenvalue weighted by Crippen LogP contribution is 2.29. The van der Waals surface area contributed by atoms with Crippen molar-refractivity contribution < 1.29 is 4.92 Å². The van der Waals surface area contributed by atoms with Crippen molar-refractivity contribution in [3.63, 3.8) is 0 Å². The van der Waals surface area contributed by atoms with Crippen LogP contribution in [0.1, 0.15) is 13.8 Å². The number of nitrogens with one attached hydrogen (secondary N) is 2. The minimum absolute atomic E-state index is 0.0759. The van der Waals surface area contributed by atoms with Gasteiger partial charge < -0.3 is 10.6 Å². The van der Waals surface area contributed by atoms with Crippen LogP contribution in [0.3, 0.4) is 0 Å². The number of nitrogens with zero attached hydrogens (tertiary/aromatic N) is 5. The monoisotopic (exact) mass is 291 g/mol. The Hall–Kier alpha value is -2.71. The van der Waals surface area contributed by atoms with Crippen molar-refractivity contribution in [2.45, 2.75) is 26.4 Å². The van der Waals surface area contributed by atoms with Gasteiger partial charge in [-0.3, -0.25) is 14.8 Å². The van der Waals surface area contributed by atoms with Crippen LogP contribution in [0.4, 0.5) is 17.3 Å². The van der Waals surface area contributed by atoms with E-state index in [4.69, 9.17) is 0 Å². The highest BCUT2D eigenvalue weighted by Gasteiger charge is 2.23. The lowest BCUT2D eigenvalue weighted by molar-refractivity contribution is -0.383. The number of hydrogen-bond donors (Lipinski definition) is 2. The van der Waals surface area contributed by atoms with Crippen LogP contribution in [0.5, 0.6) is 0 Å². The first-order valence-corrected chi connectivity index (χ1v) is 6.59. The first-order chi connectivity index (χ1) is 10.1. The van der Waals surface area contributed by atoms with E-state index < -0.39 is 4.92 Å². The minimum atomic E-state index is -0.485. The highest BCUT2D eigenvalue weighted by atomic mass is 16.6. The molecule has 9 nitrogen and oxygen atoms in total. The SMILES string of the molecule is CCNc1ncnc(NC(C)Cn2cccn2)c1[N+](=O)[O-]. The summed E-state index contributed by atoms with van der Waals surface area (Å²) in [6.45, 7) is 4.87. The van der Waals surface area contributed by atoms with Gasteiger partial charge in [0, 0.05) is 25.0 Å². The zero-order valence-electron chi connectivity index (χ0n) is 11.9. The normalized spacial score (nSPS) is 11.9. The summed E-state index contributed by atoms with van der Waals surface area (Å²) in [6.07, 6.45) is 4.81. The first-order valence-electron chi connectivity index (χ1n) is 6.59. The molecule has 0 aliphatic rings. The van der Waals surface area contributed by atoms with Gasteiger partial charge in [-0.05, 0) is 19.9 Å². The fourth-order valence-electron chi connectivity index (χ4n) is 1.92. The van der Waals surface area contributed by atoms with Crippen molar-refractivity contribution in [3.8, 4) is 0 Å². The van der Waals surface area contributed by atoms with Crippen molar-refractivity contribution in [2.75, 3.05) is 17.2 Å². The molecule has 0 bridgehead atoms. The third-order valence-electron chi connectivity index (χ3n) is 2.75. The highest BCUT2D eigenvalue weighted by molar-refractivity contribution is 5.69. The van der Waals surface area contributed by atoms with E-state index in [0.717, 1.165) is 0 Å². The largest absolute Gasteiger partial charge is 0.364 e. The van der Waals surface area contributed by atoms with Gasteiger partial charge in [-0.2, -0.15) is 5.10 Å². The molecule has 0 saturated heterocycles. The van der Waals surface area contributed by atoms with Gasteiger partial charge in [0.25, 0.3) is 0 Å². The van der Waals surface area contributed by atoms with E-state index >= 15 is 0 Å². The smallest absolute Gasteiger partial charge is 0.353 e. The molecule has 2 N–H and O–H groups in total. The Kier molecular flexibility index (Phi) is 4.64. The van der Waals surface area contributed by atoms with Gasteiger partial charge >= 0.3 is 5.69 Å². The number of nitro groups is 1. The topological polar surface area (TPSA) is 111 Å². The van der Waals surface area contributed by atoms with Crippen molar-refractivity contribution in [3.05, 3.63) is 34.9 Å². The second-order valence-electron chi connectivity index (χ2n) is 4.48. The molecule has 9 heteroatoms. The van der Waals surface area contributed by atoms with E-state index in [2.05, 4.69) is 25.7 Å². The third kappa shape index (κ3) is 3.65. The molecule has 2 rings (SSSR count). The molecule has 0 amide bonds. The fraction of sp³-hybridized carbons (Fsp3) is 0.417. The van der Waals surface area contributed by atoms with Gasteiger partial charge in [-0.15, -0.1) is 0 Å². The van der Waals surface area contributed by atoms with Gasteiger partial charge in [0.05, 0.1) is 11.5 Å². The van der Waals surface area contributed by atoms with Crippen LogP contribution < -0.4 is 10.6 Å². The summed E-state index contributed by atoms with van der Waals surface area (Å²) >= 11 is 0. The van der Waals surface area contributed by atoms with Crippen LogP contribution in [0, 0.1) is 10.1 Å². The maximum atomic E-state index is 11.2. The molecule has 0 fully saturated rings. The van der Waals surface area contributed by atoms with Crippen LogP contribution in [-0.4, -0.2) is 37.3 Å². The van der Waals surface area contributed by atoms with Gasteiger partial charge in [-0.1, -0.05) is 0 Å². The van der Waals surface area contributed by atoms with Crippen molar-refractivity contribution in [1.29, 1.82) is 0 Å². The molecule has 2 heterocycles. The maximum Gasteiger partial charge on any atom is 0.353 e. The van der Waals surface area contributed by atoms with E-state index in [-0.39, 0.29) is 23.4 Å². The maximum absolute atomic E-state index is 11.2. The summed E-state index contributed by atoms with van der Waals surface area (Å²) in [4.78, 5) is 18.6. The zero-order chi connectivity index (χ0) is 15.2. The molecular formula is C12H17N7O2. The molecule has 0 aromatic carbocycles. The van der Waals surface area contributed by atoms with Crippen LogP contribution >= 0.6 is 0 Å². The Morgan fingerprint density at radius 2 is 2.19 bits per heavy atom. The molecule has 112 valence electrons. The molecule has 21 heavy (non-hydrogen) atoms. The molecule has 2 aromatic heterocycles. The predicted molar refractivity (Wildman–Crippen MR) is 78.2 cm³/mol. The second-order valence-corrected chi connectivity index (χ2v) is 4.48. The molecule has 0 radical (unpaired) electrons. The quantitative estimate of drug-likeness (QED) is 0.587. The first kappa shape index (κ1) is 14.7. The van der Waals surface area contributed by atoms with Gasteiger partial charge in [0.2, 0.25) is 11.6 Å². The lowest BCUT2D eigenvalue weighted by Gasteiger charge is -2.15. The number of rotatable bonds is 7. The van der Waals surface area contributed by atoms with Crippen LogP contribution in [0.15, 0.2) is 24.8 Å². The fourth-order valence-corrected chi connectivity index (χ4v) is 1.92. The predicted octanol–water partition coefficient (Wildman–Crippen LogP) is 1.51. The lowest BCUT2D eigenvalue weighted by Crippen LogP contribution is -2.23. The summed E-state index contributed by atoms with van der Waals surface area (Å²) in [5.74, 6) is 0.414. The molecule has 2 aromatic rings. The van der Waals surface area contributed by atoms with Crippen molar-refractivity contribution >= 4 is 17.3 Å². The molecular weight excluding hydrogens is 274 g/mol. The number of hydrogen-bond acceptors (Lipinski definition) is 7. The second kappa shape index (κ2) is 6.64. The van der Waals surface area contributed by atoms with Crippen molar-refractivity contribution in [1.82, 2.24) is 19.7 Å². The van der Waals surface area contributed by atoms with Crippen LogP contribution in [0.25, 0.3) is 0 Å². The van der Waals surface area contributed by atoms with Gasteiger partial charge in [-0.25, -0.2) is 9.97 Å². The molecule has 0 aliphatic heterocycles. The summed E-state index contributed by atoms with van der Waals surface area (Å²) in [5, 5.41) is 21.2. The zero-order valence-corrected chi connectivity index (χ0v) is 11.9. The molecule has 0 aliphatic carbocycles. The molecule has 0 spiro atoms. The minimum Gasteiger partial charge on any atom is -0.364 e. The molecule has 1 unspecified atom stereocenters. The summed E-state index contributed by atoms with van der Waals surface area (Å²) in [6, 6.07) is 1.75. The Bertz CT molecular complexity index is 600. The van der Waals surface area contributed by atoms with E-state index in [9.17, 15) is 10.1 Å². The van der Waals surface area contributed by atoms with E-state index in [1.807, 2.05) is 26.1 Å². The Labute approximate surface area is 121 Å². The summed E-state index contributed by atoms with van der Waals surface area (Å²) in [7, 11) is 0. The van der Waals surface area contributed by atoms with E-state index in [0.29, 0.717) is 13.1 Å². The Balaban J connectivity index is 2.18. The number of aromatic nitrogens is 4. The van der Waals surface area contributed by atoms with Crippen LogP contribution in [0.2, 0.25) is 0 Å². The molecule has 1 atom stereocenters. The Morgan fingerprint density at radius 3 is 2.81 bits per heavy atom. The van der Waals surface area contributed by atoms with Gasteiger partial charge in [0.1, 0.15) is 6.33 Å². The lowest BCUT2D eigenvalue weighted by atomic mass is 10.3. The Morgan fingerprint density at radius 1 is 1.43 bits per heavy atom. The van der Waals surface area contributed by atoms with E-state index in [1.54, 1.807) is 10.9 Å². The van der Waals surface area contributed by atoms with Crippen molar-refractivity contribution in [2.24, 2.45) is 0 Å². The van der Waals surface area contributed by atoms with E-state index in [1.165, 1.54) is 6.33 Å². The third-order valence-corrected chi connectivity index (χ3v) is 2.75. The van der Waals surface area contributed by atoms with Crippen LogP contribution in [-0.2, 0) is 6.54 Å². The van der Waals surface area contributed by atoms with Gasteiger partial charge in [0.15, 0.2) is 0 Å².